The minimum atomic E-state index is -0.437. The fourth-order valence-electron chi connectivity index (χ4n) is 2.66. The molecule has 1 amide bonds. The smallest absolute Gasteiger partial charge is 0.255 e. The Morgan fingerprint density at radius 3 is 2.78 bits per heavy atom. The number of carbonyl (C=O) groups excluding carboxylic acids is 1. The van der Waals surface area contributed by atoms with Crippen molar-refractivity contribution in [3.05, 3.63) is 52.8 Å². The lowest BCUT2D eigenvalue weighted by molar-refractivity contribution is 0.102. The zero-order chi connectivity index (χ0) is 19.6. The van der Waals surface area contributed by atoms with Crippen molar-refractivity contribution in [2.75, 3.05) is 10.7 Å². The number of benzene rings is 2. The van der Waals surface area contributed by atoms with Crippen molar-refractivity contribution < 1.29 is 9.18 Å². The van der Waals surface area contributed by atoms with Crippen LogP contribution in [0.25, 0.3) is 10.2 Å². The van der Waals surface area contributed by atoms with E-state index in [0.29, 0.717) is 5.13 Å². The highest BCUT2D eigenvalue weighted by molar-refractivity contribution is 7.22. The van der Waals surface area contributed by atoms with Gasteiger partial charge in [0.05, 0.1) is 10.2 Å². The molecule has 0 aliphatic heterocycles. The van der Waals surface area contributed by atoms with Crippen LogP contribution in [0, 0.1) is 19.7 Å². The first kappa shape index (κ1) is 19.0. The average Bonchev–Trinajstić information content (AvgIpc) is 3.06. The van der Waals surface area contributed by atoms with Crippen molar-refractivity contribution in [2.45, 2.75) is 34.1 Å². The highest BCUT2D eigenvalue weighted by Crippen LogP contribution is 2.35. The number of nitrogens with zero attached hydrogens (tertiary/aromatic N) is 2. The van der Waals surface area contributed by atoms with Crippen LogP contribution in [-0.2, 0) is 0 Å². The average molecular weight is 384 g/mol. The van der Waals surface area contributed by atoms with Crippen LogP contribution >= 0.6 is 11.3 Å². The van der Waals surface area contributed by atoms with E-state index in [9.17, 15) is 9.18 Å². The van der Waals surface area contributed by atoms with E-state index in [1.165, 1.54) is 29.5 Å². The number of fused-ring (bicyclic) bond motifs is 1. The number of thiazole rings is 1. The number of hydrogen-bond donors (Lipinski definition) is 2. The molecule has 27 heavy (non-hydrogen) atoms. The maximum absolute atomic E-state index is 13.4. The third-order valence-corrected chi connectivity index (χ3v) is 5.39. The van der Waals surface area contributed by atoms with Gasteiger partial charge in [-0.15, -0.1) is 0 Å². The molecular formula is C20H21FN4OS. The molecule has 0 spiro atoms. The van der Waals surface area contributed by atoms with E-state index in [0.717, 1.165) is 39.2 Å². The molecule has 0 saturated carbocycles. The van der Waals surface area contributed by atoms with Crippen LogP contribution in [0.15, 0.2) is 35.4 Å². The molecule has 0 saturated heterocycles. The number of rotatable bonds is 5. The van der Waals surface area contributed by atoms with E-state index < -0.39 is 5.82 Å². The number of carbonyl (C=O) groups is 1. The Morgan fingerprint density at radius 2 is 2.07 bits per heavy atom. The van der Waals surface area contributed by atoms with Crippen LogP contribution in [0.4, 0.5) is 15.2 Å². The lowest BCUT2D eigenvalue weighted by Crippen LogP contribution is -2.14. The molecule has 2 N–H and O–H groups in total. The van der Waals surface area contributed by atoms with Gasteiger partial charge in [-0.05, 0) is 62.6 Å². The summed E-state index contributed by atoms with van der Waals surface area (Å²) in [6, 6.07) is 7.58. The van der Waals surface area contributed by atoms with E-state index in [2.05, 4.69) is 20.8 Å². The third kappa shape index (κ3) is 4.14. The SMILES string of the molecule is CC/C(C)=N\Nc1nc2cc(C)c(NC(=O)c3cccc(F)c3)c(C)c2s1. The number of nitrogens with one attached hydrogen (secondary N) is 2. The van der Waals surface area contributed by atoms with Crippen LogP contribution in [0.1, 0.15) is 41.8 Å². The Bertz CT molecular complexity index is 1040. The first-order chi connectivity index (χ1) is 12.9. The minimum absolute atomic E-state index is 0.282. The Hall–Kier alpha value is -2.80. The number of hydrogen-bond acceptors (Lipinski definition) is 5. The molecule has 5 nitrogen and oxygen atoms in total. The summed E-state index contributed by atoms with van der Waals surface area (Å²) in [5, 5.41) is 7.90. The molecule has 0 atom stereocenters. The second-order valence-corrected chi connectivity index (χ2v) is 7.34. The second-order valence-electron chi connectivity index (χ2n) is 6.34. The second kappa shape index (κ2) is 7.84. The number of aryl methyl sites for hydroxylation is 2. The summed E-state index contributed by atoms with van der Waals surface area (Å²) in [6.07, 6.45) is 0.867. The van der Waals surface area contributed by atoms with Gasteiger partial charge >= 0.3 is 0 Å². The predicted molar refractivity (Wildman–Crippen MR) is 110 cm³/mol. The minimum Gasteiger partial charge on any atom is -0.321 e. The maximum Gasteiger partial charge on any atom is 0.255 e. The molecule has 1 aromatic heterocycles. The number of aromatic nitrogens is 1. The van der Waals surface area contributed by atoms with Gasteiger partial charge in [-0.2, -0.15) is 5.10 Å². The first-order valence-corrected chi connectivity index (χ1v) is 9.47. The topological polar surface area (TPSA) is 66.4 Å². The van der Waals surface area contributed by atoms with Crippen molar-refractivity contribution in [3.8, 4) is 0 Å². The monoisotopic (exact) mass is 384 g/mol. The molecular weight excluding hydrogens is 363 g/mol. The number of amides is 1. The van der Waals surface area contributed by atoms with Crippen LogP contribution in [0.3, 0.4) is 0 Å². The van der Waals surface area contributed by atoms with Gasteiger partial charge in [-0.1, -0.05) is 24.3 Å². The summed E-state index contributed by atoms with van der Waals surface area (Å²) in [5.74, 6) is -0.779. The lowest BCUT2D eigenvalue weighted by Gasteiger charge is -2.12. The van der Waals surface area contributed by atoms with Crippen molar-refractivity contribution in [3.63, 3.8) is 0 Å². The van der Waals surface area contributed by atoms with Gasteiger partial charge < -0.3 is 5.32 Å². The van der Waals surface area contributed by atoms with Crippen LogP contribution in [0.2, 0.25) is 0 Å². The molecule has 0 aliphatic carbocycles. The van der Waals surface area contributed by atoms with E-state index in [4.69, 9.17) is 0 Å². The van der Waals surface area contributed by atoms with Gasteiger partial charge in [-0.3, -0.25) is 10.2 Å². The highest BCUT2D eigenvalue weighted by atomic mass is 32.1. The molecule has 1 heterocycles. The standard InChI is InChI=1S/C20H21FN4OS/c1-5-12(3)24-25-20-22-16-9-11(2)17(13(4)18(16)27-20)23-19(26)14-7-6-8-15(21)10-14/h6-10H,5H2,1-4H3,(H,22,25)(H,23,26)/b24-12-. The number of anilines is 2. The van der Waals surface area contributed by atoms with Crippen LogP contribution in [-0.4, -0.2) is 16.6 Å². The van der Waals surface area contributed by atoms with Gasteiger partial charge in [0.1, 0.15) is 5.82 Å². The maximum atomic E-state index is 13.4. The normalized spacial score (nSPS) is 11.7. The lowest BCUT2D eigenvalue weighted by atomic mass is 10.1. The van der Waals surface area contributed by atoms with E-state index >= 15 is 0 Å². The van der Waals surface area contributed by atoms with Crippen molar-refractivity contribution >= 4 is 44.0 Å². The molecule has 0 bridgehead atoms. The number of hydrazone groups is 1. The quantitative estimate of drug-likeness (QED) is 0.451. The van der Waals surface area contributed by atoms with Gasteiger partial charge in [0.2, 0.25) is 5.13 Å². The Labute approximate surface area is 161 Å². The van der Waals surface area contributed by atoms with Crippen molar-refractivity contribution in [1.29, 1.82) is 0 Å². The molecule has 7 heteroatoms. The molecule has 140 valence electrons. The van der Waals surface area contributed by atoms with Gasteiger partial charge in [0.25, 0.3) is 5.91 Å². The fourth-order valence-corrected chi connectivity index (χ4v) is 3.56. The molecule has 3 aromatic rings. The zero-order valence-electron chi connectivity index (χ0n) is 15.7. The van der Waals surface area contributed by atoms with Crippen molar-refractivity contribution in [1.82, 2.24) is 4.98 Å². The molecule has 0 radical (unpaired) electrons. The summed E-state index contributed by atoms with van der Waals surface area (Å²) >= 11 is 1.48. The summed E-state index contributed by atoms with van der Waals surface area (Å²) in [4.78, 5) is 17.1. The zero-order valence-corrected chi connectivity index (χ0v) is 16.5. The predicted octanol–water partition coefficient (Wildman–Crippen LogP) is 5.50. The molecule has 2 aromatic carbocycles. The van der Waals surface area contributed by atoms with Crippen LogP contribution in [0.5, 0.6) is 0 Å². The Morgan fingerprint density at radius 1 is 1.30 bits per heavy atom. The van der Waals surface area contributed by atoms with Crippen LogP contribution < -0.4 is 10.7 Å². The van der Waals surface area contributed by atoms with Gasteiger partial charge in [0, 0.05) is 17.0 Å². The molecule has 3 rings (SSSR count). The number of halogens is 1. The van der Waals surface area contributed by atoms with E-state index in [-0.39, 0.29) is 11.5 Å². The largest absolute Gasteiger partial charge is 0.321 e. The summed E-state index contributed by atoms with van der Waals surface area (Å²) in [5.41, 5.74) is 7.66. The Balaban J connectivity index is 1.93. The van der Waals surface area contributed by atoms with Gasteiger partial charge in [-0.25, -0.2) is 9.37 Å². The summed E-state index contributed by atoms with van der Waals surface area (Å²) in [6.45, 7) is 7.86. The van der Waals surface area contributed by atoms with E-state index in [1.807, 2.05) is 33.8 Å². The fraction of sp³-hybridized carbons (Fsp3) is 0.250. The third-order valence-electron chi connectivity index (χ3n) is 4.30. The summed E-state index contributed by atoms with van der Waals surface area (Å²) < 4.78 is 14.4. The molecule has 0 aliphatic rings. The Kier molecular flexibility index (Phi) is 5.51. The highest BCUT2D eigenvalue weighted by Gasteiger charge is 2.15. The van der Waals surface area contributed by atoms with Crippen molar-refractivity contribution in [2.24, 2.45) is 5.10 Å². The summed E-state index contributed by atoms with van der Waals surface area (Å²) in [7, 11) is 0. The first-order valence-electron chi connectivity index (χ1n) is 8.66. The van der Waals surface area contributed by atoms with Gasteiger partial charge in [0.15, 0.2) is 0 Å². The van der Waals surface area contributed by atoms with E-state index in [1.54, 1.807) is 6.07 Å². The molecule has 0 unspecified atom stereocenters. The molecule has 0 fully saturated rings.